The molecule has 0 unspecified atom stereocenters. The number of nitrogens with one attached hydrogen (secondary N) is 1. The van der Waals surface area contributed by atoms with Crippen LogP contribution in [0.2, 0.25) is 0 Å². The molecular weight excluding hydrogens is 334 g/mol. The highest BCUT2D eigenvalue weighted by atomic mass is 16.5. The summed E-state index contributed by atoms with van der Waals surface area (Å²) < 4.78 is 5.39. The van der Waals surface area contributed by atoms with Crippen LogP contribution >= 0.6 is 0 Å². The molecule has 0 radical (unpaired) electrons. The number of hydrogen-bond donors (Lipinski definition) is 1. The Labute approximate surface area is 160 Å². The lowest BCUT2D eigenvalue weighted by Gasteiger charge is -2.26. The standard InChI is InChI=1S/C23H23N3O/c24-17-21-3-1-2-4-23(21)20-6-5-19-16-22(8-7-18(19)15-20)25-9-10-26-11-13-27-14-12-26/h1-8,15-16,25H,9-14H2. The van der Waals surface area contributed by atoms with Gasteiger partial charge in [-0.1, -0.05) is 36.4 Å². The summed E-state index contributed by atoms with van der Waals surface area (Å²) in [4.78, 5) is 2.43. The monoisotopic (exact) mass is 357 g/mol. The minimum absolute atomic E-state index is 0.707. The number of rotatable bonds is 5. The second kappa shape index (κ2) is 8.22. The van der Waals surface area contributed by atoms with Crippen molar-refractivity contribution in [3.8, 4) is 17.2 Å². The van der Waals surface area contributed by atoms with E-state index in [9.17, 15) is 5.26 Å². The average molecular weight is 357 g/mol. The van der Waals surface area contributed by atoms with E-state index in [0.29, 0.717) is 5.56 Å². The van der Waals surface area contributed by atoms with Gasteiger partial charge in [0.15, 0.2) is 0 Å². The molecule has 0 aromatic heterocycles. The number of nitrogens with zero attached hydrogens (tertiary/aromatic N) is 2. The number of benzene rings is 3. The highest BCUT2D eigenvalue weighted by Gasteiger charge is 2.09. The maximum atomic E-state index is 9.34. The van der Waals surface area contributed by atoms with Crippen molar-refractivity contribution >= 4 is 16.5 Å². The van der Waals surface area contributed by atoms with Crippen molar-refractivity contribution in [2.24, 2.45) is 0 Å². The first-order valence-corrected chi connectivity index (χ1v) is 9.41. The van der Waals surface area contributed by atoms with Crippen LogP contribution in [-0.2, 0) is 4.74 Å². The third kappa shape index (κ3) is 4.11. The molecule has 0 aliphatic carbocycles. The molecule has 4 rings (SSSR count). The Balaban J connectivity index is 1.48. The minimum atomic E-state index is 0.707. The molecule has 3 aromatic carbocycles. The van der Waals surface area contributed by atoms with Crippen LogP contribution in [0.3, 0.4) is 0 Å². The van der Waals surface area contributed by atoms with Crippen LogP contribution in [0.25, 0.3) is 21.9 Å². The molecule has 4 nitrogen and oxygen atoms in total. The molecule has 1 saturated heterocycles. The summed E-state index contributed by atoms with van der Waals surface area (Å²) in [6, 6.07) is 22.9. The summed E-state index contributed by atoms with van der Waals surface area (Å²) >= 11 is 0. The summed E-state index contributed by atoms with van der Waals surface area (Å²) in [6.07, 6.45) is 0. The second-order valence-corrected chi connectivity index (χ2v) is 6.81. The molecule has 1 aliphatic rings. The number of anilines is 1. The van der Waals surface area contributed by atoms with Gasteiger partial charge in [0.05, 0.1) is 24.8 Å². The lowest BCUT2D eigenvalue weighted by Crippen LogP contribution is -2.38. The number of fused-ring (bicyclic) bond motifs is 1. The number of hydrogen-bond acceptors (Lipinski definition) is 4. The third-order valence-electron chi connectivity index (χ3n) is 5.06. The lowest BCUT2D eigenvalue weighted by molar-refractivity contribution is 0.0398. The molecule has 1 heterocycles. The van der Waals surface area contributed by atoms with Gasteiger partial charge in [-0.15, -0.1) is 0 Å². The molecule has 3 aromatic rings. The van der Waals surface area contributed by atoms with Gasteiger partial charge in [0.1, 0.15) is 0 Å². The highest BCUT2D eigenvalue weighted by molar-refractivity contribution is 5.90. The molecule has 0 atom stereocenters. The highest BCUT2D eigenvalue weighted by Crippen LogP contribution is 2.28. The zero-order valence-corrected chi connectivity index (χ0v) is 15.3. The molecule has 27 heavy (non-hydrogen) atoms. The summed E-state index contributed by atoms with van der Waals surface area (Å²) in [6.45, 7) is 5.68. The van der Waals surface area contributed by atoms with Gasteiger partial charge in [0.25, 0.3) is 0 Å². The van der Waals surface area contributed by atoms with Gasteiger partial charge in [0.2, 0.25) is 0 Å². The van der Waals surface area contributed by atoms with Gasteiger partial charge >= 0.3 is 0 Å². The van der Waals surface area contributed by atoms with Crippen LogP contribution in [-0.4, -0.2) is 44.3 Å². The molecule has 0 saturated carbocycles. The van der Waals surface area contributed by atoms with Gasteiger partial charge in [-0.05, 0) is 46.2 Å². The fourth-order valence-corrected chi connectivity index (χ4v) is 3.54. The predicted octanol–water partition coefficient (Wildman–Crippen LogP) is 4.12. The molecule has 1 fully saturated rings. The van der Waals surface area contributed by atoms with Gasteiger partial charge in [0, 0.05) is 31.9 Å². The first-order chi connectivity index (χ1) is 13.3. The van der Waals surface area contributed by atoms with E-state index in [-0.39, 0.29) is 0 Å². The maximum Gasteiger partial charge on any atom is 0.0998 e. The van der Waals surface area contributed by atoms with Crippen molar-refractivity contribution < 1.29 is 4.74 Å². The van der Waals surface area contributed by atoms with Crippen molar-refractivity contribution in [2.45, 2.75) is 0 Å². The van der Waals surface area contributed by atoms with Crippen LogP contribution in [0.15, 0.2) is 60.7 Å². The first kappa shape index (κ1) is 17.5. The van der Waals surface area contributed by atoms with Crippen LogP contribution in [0.4, 0.5) is 5.69 Å². The Hall–Kier alpha value is -2.87. The number of ether oxygens (including phenoxy) is 1. The molecular formula is C23H23N3O. The van der Waals surface area contributed by atoms with Gasteiger partial charge in [-0.2, -0.15) is 5.26 Å². The molecule has 4 heteroatoms. The summed E-state index contributed by atoms with van der Waals surface area (Å²) in [5.41, 5.74) is 3.90. The van der Waals surface area contributed by atoms with Crippen LogP contribution in [0.1, 0.15) is 5.56 Å². The summed E-state index contributed by atoms with van der Waals surface area (Å²) in [5, 5.41) is 15.2. The van der Waals surface area contributed by atoms with Crippen LogP contribution < -0.4 is 5.32 Å². The van der Waals surface area contributed by atoms with E-state index in [1.54, 1.807) is 0 Å². The number of nitriles is 1. The quantitative estimate of drug-likeness (QED) is 0.746. The normalized spacial score (nSPS) is 14.8. The Morgan fingerprint density at radius 2 is 1.74 bits per heavy atom. The zero-order chi connectivity index (χ0) is 18.5. The molecule has 0 bridgehead atoms. The molecule has 0 spiro atoms. The minimum Gasteiger partial charge on any atom is -0.384 e. The molecule has 0 amide bonds. The predicted molar refractivity (Wildman–Crippen MR) is 110 cm³/mol. The van der Waals surface area contributed by atoms with Gasteiger partial charge < -0.3 is 10.1 Å². The van der Waals surface area contributed by atoms with E-state index in [2.05, 4.69) is 52.7 Å². The van der Waals surface area contributed by atoms with Crippen LogP contribution in [0.5, 0.6) is 0 Å². The van der Waals surface area contributed by atoms with Crippen molar-refractivity contribution in [1.29, 1.82) is 5.26 Å². The fourth-order valence-electron chi connectivity index (χ4n) is 3.54. The smallest absolute Gasteiger partial charge is 0.0998 e. The van der Waals surface area contributed by atoms with E-state index in [4.69, 9.17) is 4.74 Å². The second-order valence-electron chi connectivity index (χ2n) is 6.81. The number of morpholine rings is 1. The van der Waals surface area contributed by atoms with Crippen molar-refractivity contribution in [1.82, 2.24) is 4.90 Å². The topological polar surface area (TPSA) is 48.3 Å². The maximum absolute atomic E-state index is 9.34. The van der Waals surface area contributed by atoms with Gasteiger partial charge in [-0.25, -0.2) is 0 Å². The fraction of sp³-hybridized carbons (Fsp3) is 0.261. The SMILES string of the molecule is N#Cc1ccccc1-c1ccc2cc(NCCN3CCOCC3)ccc2c1. The Bertz CT molecular complexity index is 971. The first-order valence-electron chi connectivity index (χ1n) is 9.41. The van der Waals surface area contributed by atoms with E-state index < -0.39 is 0 Å². The van der Waals surface area contributed by atoms with E-state index in [1.807, 2.05) is 24.3 Å². The van der Waals surface area contributed by atoms with Gasteiger partial charge in [-0.3, -0.25) is 4.90 Å². The lowest BCUT2D eigenvalue weighted by atomic mass is 9.97. The van der Waals surface area contributed by atoms with Crippen LogP contribution in [0, 0.1) is 11.3 Å². The largest absolute Gasteiger partial charge is 0.384 e. The Morgan fingerprint density at radius 3 is 2.59 bits per heavy atom. The molecule has 1 N–H and O–H groups in total. The average Bonchev–Trinajstić information content (AvgIpc) is 2.74. The Morgan fingerprint density at radius 1 is 0.963 bits per heavy atom. The van der Waals surface area contributed by atoms with E-state index in [0.717, 1.165) is 56.2 Å². The van der Waals surface area contributed by atoms with Crippen molar-refractivity contribution in [3.63, 3.8) is 0 Å². The van der Waals surface area contributed by atoms with Crippen molar-refractivity contribution in [3.05, 3.63) is 66.2 Å². The van der Waals surface area contributed by atoms with E-state index >= 15 is 0 Å². The summed E-state index contributed by atoms with van der Waals surface area (Å²) in [5.74, 6) is 0. The third-order valence-corrected chi connectivity index (χ3v) is 5.06. The van der Waals surface area contributed by atoms with E-state index in [1.165, 1.54) is 10.8 Å². The Kier molecular flexibility index (Phi) is 5.34. The van der Waals surface area contributed by atoms with Crippen molar-refractivity contribution in [2.75, 3.05) is 44.7 Å². The molecule has 1 aliphatic heterocycles. The zero-order valence-electron chi connectivity index (χ0n) is 15.3. The molecule has 136 valence electrons. The summed E-state index contributed by atoms with van der Waals surface area (Å²) in [7, 11) is 0.